The minimum atomic E-state index is 0.532. The first kappa shape index (κ1) is 9.26. The monoisotopic (exact) mass is 167 g/mol. The molecule has 0 spiro atoms. The summed E-state index contributed by atoms with van der Waals surface area (Å²) in [5.41, 5.74) is 2.52. The SMILES string of the molecule is Cc1c(CNC(C)C)cnn1C. The van der Waals surface area contributed by atoms with E-state index in [2.05, 4.69) is 31.2 Å². The summed E-state index contributed by atoms with van der Waals surface area (Å²) >= 11 is 0. The minimum Gasteiger partial charge on any atom is -0.310 e. The van der Waals surface area contributed by atoms with Crippen LogP contribution in [0.2, 0.25) is 0 Å². The first-order chi connectivity index (χ1) is 5.61. The van der Waals surface area contributed by atoms with E-state index in [1.165, 1.54) is 11.3 Å². The van der Waals surface area contributed by atoms with Crippen molar-refractivity contribution in [1.82, 2.24) is 15.1 Å². The van der Waals surface area contributed by atoms with E-state index in [9.17, 15) is 0 Å². The number of aryl methyl sites for hydroxylation is 1. The lowest BCUT2D eigenvalue weighted by molar-refractivity contribution is 0.586. The highest BCUT2D eigenvalue weighted by atomic mass is 15.3. The van der Waals surface area contributed by atoms with Crippen LogP contribution in [0.15, 0.2) is 6.20 Å². The summed E-state index contributed by atoms with van der Waals surface area (Å²) in [7, 11) is 1.97. The lowest BCUT2D eigenvalue weighted by atomic mass is 10.2. The van der Waals surface area contributed by atoms with Gasteiger partial charge in [0.2, 0.25) is 0 Å². The van der Waals surface area contributed by atoms with Gasteiger partial charge in [0.15, 0.2) is 0 Å². The molecule has 0 aliphatic carbocycles. The van der Waals surface area contributed by atoms with Crippen LogP contribution in [0.5, 0.6) is 0 Å². The predicted molar refractivity (Wildman–Crippen MR) is 49.9 cm³/mol. The van der Waals surface area contributed by atoms with Crippen molar-refractivity contribution in [3.63, 3.8) is 0 Å². The van der Waals surface area contributed by atoms with E-state index in [0.717, 1.165) is 6.54 Å². The molecule has 0 saturated carbocycles. The molecule has 0 atom stereocenters. The summed E-state index contributed by atoms with van der Waals surface area (Å²) in [5, 5.41) is 7.53. The molecule has 0 unspecified atom stereocenters. The van der Waals surface area contributed by atoms with Crippen LogP contribution in [0.3, 0.4) is 0 Å². The van der Waals surface area contributed by atoms with Crippen LogP contribution in [0.4, 0.5) is 0 Å². The van der Waals surface area contributed by atoms with Gasteiger partial charge in [0, 0.05) is 30.9 Å². The second-order valence-electron chi connectivity index (χ2n) is 3.41. The largest absolute Gasteiger partial charge is 0.310 e. The maximum Gasteiger partial charge on any atom is 0.0537 e. The zero-order valence-corrected chi connectivity index (χ0v) is 8.26. The maximum atomic E-state index is 4.17. The van der Waals surface area contributed by atoms with Gasteiger partial charge in [-0.1, -0.05) is 13.8 Å². The molecule has 3 nitrogen and oxygen atoms in total. The molecule has 0 aliphatic heterocycles. The second-order valence-corrected chi connectivity index (χ2v) is 3.41. The molecule has 0 saturated heterocycles. The van der Waals surface area contributed by atoms with Crippen LogP contribution in [0, 0.1) is 6.92 Å². The summed E-state index contributed by atoms with van der Waals surface area (Å²) in [6.07, 6.45) is 1.92. The first-order valence-electron chi connectivity index (χ1n) is 4.32. The maximum absolute atomic E-state index is 4.17. The van der Waals surface area contributed by atoms with E-state index in [1.807, 2.05) is 17.9 Å². The molecule has 0 fully saturated rings. The summed E-state index contributed by atoms with van der Waals surface area (Å²) < 4.78 is 1.90. The highest BCUT2D eigenvalue weighted by Crippen LogP contribution is 2.04. The molecule has 1 heterocycles. The molecule has 12 heavy (non-hydrogen) atoms. The smallest absolute Gasteiger partial charge is 0.0537 e. The number of hydrogen-bond donors (Lipinski definition) is 1. The third-order valence-electron chi connectivity index (χ3n) is 2.04. The van der Waals surface area contributed by atoms with Gasteiger partial charge < -0.3 is 5.32 Å². The van der Waals surface area contributed by atoms with Crippen molar-refractivity contribution in [2.45, 2.75) is 33.4 Å². The lowest BCUT2D eigenvalue weighted by Gasteiger charge is -2.06. The van der Waals surface area contributed by atoms with Gasteiger partial charge in [-0.05, 0) is 6.92 Å². The normalized spacial score (nSPS) is 11.1. The summed E-state index contributed by atoms with van der Waals surface area (Å²) in [5.74, 6) is 0. The van der Waals surface area contributed by atoms with Crippen LogP contribution in [-0.4, -0.2) is 15.8 Å². The third kappa shape index (κ3) is 2.08. The van der Waals surface area contributed by atoms with E-state index in [0.29, 0.717) is 6.04 Å². The quantitative estimate of drug-likeness (QED) is 0.733. The van der Waals surface area contributed by atoms with Gasteiger partial charge in [-0.3, -0.25) is 4.68 Å². The fraction of sp³-hybridized carbons (Fsp3) is 0.667. The number of rotatable bonds is 3. The van der Waals surface area contributed by atoms with Gasteiger partial charge in [-0.15, -0.1) is 0 Å². The van der Waals surface area contributed by atoms with Crippen molar-refractivity contribution in [1.29, 1.82) is 0 Å². The summed E-state index contributed by atoms with van der Waals surface area (Å²) in [6, 6.07) is 0.532. The Morgan fingerprint density at radius 3 is 2.67 bits per heavy atom. The fourth-order valence-electron chi connectivity index (χ4n) is 1.03. The van der Waals surface area contributed by atoms with Gasteiger partial charge >= 0.3 is 0 Å². The van der Waals surface area contributed by atoms with Crippen molar-refractivity contribution in [2.75, 3.05) is 0 Å². The Kier molecular flexibility index (Phi) is 2.87. The van der Waals surface area contributed by atoms with Gasteiger partial charge in [0.05, 0.1) is 6.20 Å². The molecule has 0 aromatic carbocycles. The lowest BCUT2D eigenvalue weighted by Crippen LogP contribution is -2.22. The Bertz CT molecular complexity index is 250. The molecule has 0 bridgehead atoms. The van der Waals surface area contributed by atoms with Gasteiger partial charge in [0.1, 0.15) is 0 Å². The average Bonchev–Trinajstić information content (AvgIpc) is 2.30. The Labute approximate surface area is 73.8 Å². The van der Waals surface area contributed by atoms with E-state index in [1.54, 1.807) is 0 Å². The van der Waals surface area contributed by atoms with Crippen LogP contribution in [-0.2, 0) is 13.6 Å². The topological polar surface area (TPSA) is 29.9 Å². The Morgan fingerprint density at radius 2 is 2.25 bits per heavy atom. The molecule has 1 rings (SSSR count). The van der Waals surface area contributed by atoms with E-state index in [4.69, 9.17) is 0 Å². The van der Waals surface area contributed by atoms with E-state index < -0.39 is 0 Å². The second kappa shape index (κ2) is 3.72. The first-order valence-corrected chi connectivity index (χ1v) is 4.32. The average molecular weight is 167 g/mol. The fourth-order valence-corrected chi connectivity index (χ4v) is 1.03. The van der Waals surface area contributed by atoms with Crippen LogP contribution in [0.1, 0.15) is 25.1 Å². The van der Waals surface area contributed by atoms with Crippen molar-refractivity contribution in [3.05, 3.63) is 17.5 Å². The molecule has 1 aromatic rings. The minimum absolute atomic E-state index is 0.532. The van der Waals surface area contributed by atoms with Gasteiger partial charge in [-0.25, -0.2) is 0 Å². The molecule has 3 heteroatoms. The van der Waals surface area contributed by atoms with E-state index >= 15 is 0 Å². The molecule has 0 aliphatic rings. The number of nitrogens with zero attached hydrogens (tertiary/aromatic N) is 2. The standard InChI is InChI=1S/C9H17N3/c1-7(2)10-5-9-6-11-12(4)8(9)3/h6-7,10H,5H2,1-4H3. The zero-order valence-electron chi connectivity index (χ0n) is 8.26. The molecular formula is C9H17N3. The van der Waals surface area contributed by atoms with Crippen molar-refractivity contribution in [2.24, 2.45) is 7.05 Å². The van der Waals surface area contributed by atoms with Crippen LogP contribution in [0.25, 0.3) is 0 Å². The van der Waals surface area contributed by atoms with Gasteiger partial charge in [0.25, 0.3) is 0 Å². The molecule has 0 radical (unpaired) electrons. The molecule has 68 valence electrons. The predicted octanol–water partition coefficient (Wildman–Crippen LogP) is 1.23. The van der Waals surface area contributed by atoms with Crippen molar-refractivity contribution < 1.29 is 0 Å². The Morgan fingerprint density at radius 1 is 1.58 bits per heavy atom. The highest BCUT2D eigenvalue weighted by Gasteiger charge is 2.02. The van der Waals surface area contributed by atoms with Crippen LogP contribution < -0.4 is 5.32 Å². The van der Waals surface area contributed by atoms with E-state index in [-0.39, 0.29) is 0 Å². The summed E-state index contributed by atoms with van der Waals surface area (Å²) in [4.78, 5) is 0. The molecule has 1 N–H and O–H groups in total. The molecule has 0 amide bonds. The molecule has 1 aromatic heterocycles. The summed E-state index contributed by atoms with van der Waals surface area (Å²) in [6.45, 7) is 7.29. The highest BCUT2D eigenvalue weighted by molar-refractivity contribution is 5.15. The van der Waals surface area contributed by atoms with Crippen LogP contribution >= 0.6 is 0 Å². The zero-order chi connectivity index (χ0) is 9.14. The number of nitrogens with one attached hydrogen (secondary N) is 1. The van der Waals surface area contributed by atoms with Crippen molar-refractivity contribution in [3.8, 4) is 0 Å². The Balaban J connectivity index is 2.58. The van der Waals surface area contributed by atoms with Gasteiger partial charge in [-0.2, -0.15) is 5.10 Å². The van der Waals surface area contributed by atoms with Crippen molar-refractivity contribution >= 4 is 0 Å². The number of hydrogen-bond acceptors (Lipinski definition) is 2. The molecular weight excluding hydrogens is 150 g/mol. The third-order valence-corrected chi connectivity index (χ3v) is 2.04. The number of aromatic nitrogens is 2. The Hall–Kier alpha value is -0.830.